The van der Waals surface area contributed by atoms with Gasteiger partial charge < -0.3 is 0 Å². The van der Waals surface area contributed by atoms with Crippen molar-refractivity contribution < 1.29 is 0 Å². The molecule has 0 bridgehead atoms. The van der Waals surface area contributed by atoms with Crippen molar-refractivity contribution in [1.29, 1.82) is 0 Å². The molecule has 1 heterocycles. The lowest BCUT2D eigenvalue weighted by atomic mass is 10.0. The van der Waals surface area contributed by atoms with Gasteiger partial charge in [0.15, 0.2) is 0 Å². The predicted octanol–water partition coefficient (Wildman–Crippen LogP) is 2.80. The Labute approximate surface area is 70.8 Å². The Kier molecular flexibility index (Phi) is 1.57. The van der Waals surface area contributed by atoms with Gasteiger partial charge in [-0.25, -0.2) is 4.98 Å². The van der Waals surface area contributed by atoms with Crippen LogP contribution in [-0.2, 0) is 6.42 Å². The molecule has 0 saturated carbocycles. The van der Waals surface area contributed by atoms with Crippen LogP contribution in [0.1, 0.15) is 28.9 Å². The van der Waals surface area contributed by atoms with Gasteiger partial charge in [0.2, 0.25) is 0 Å². The van der Waals surface area contributed by atoms with E-state index in [0.29, 0.717) is 0 Å². The molecular formula is C9H11NS. The van der Waals surface area contributed by atoms with Crippen molar-refractivity contribution in [3.63, 3.8) is 0 Å². The molecule has 1 aromatic heterocycles. The van der Waals surface area contributed by atoms with Gasteiger partial charge in [-0.2, -0.15) is 0 Å². The minimum absolute atomic E-state index is 1.19. The highest BCUT2D eigenvalue weighted by atomic mass is 32.1. The fourth-order valence-electron chi connectivity index (χ4n) is 1.46. The van der Waals surface area contributed by atoms with E-state index in [2.05, 4.69) is 24.9 Å². The molecule has 0 spiro atoms. The predicted molar refractivity (Wildman–Crippen MR) is 48.8 cm³/mol. The average Bonchev–Trinajstić information content (AvgIpc) is 2.31. The summed E-state index contributed by atoms with van der Waals surface area (Å²) in [5.74, 6) is 0. The van der Waals surface area contributed by atoms with E-state index >= 15 is 0 Å². The zero-order valence-electron chi connectivity index (χ0n) is 6.85. The van der Waals surface area contributed by atoms with Crippen molar-refractivity contribution in [2.75, 3.05) is 0 Å². The largest absolute Gasteiger partial charge is 0.242 e. The number of nitrogens with zero attached hydrogens (tertiary/aromatic N) is 1. The quantitative estimate of drug-likeness (QED) is 0.576. The molecule has 0 unspecified atom stereocenters. The summed E-state index contributed by atoms with van der Waals surface area (Å²) in [4.78, 5) is 5.96. The summed E-state index contributed by atoms with van der Waals surface area (Å²) in [7, 11) is 0. The third kappa shape index (κ3) is 1.11. The van der Waals surface area contributed by atoms with Gasteiger partial charge in [-0.05, 0) is 32.3 Å². The normalized spacial score (nSPS) is 16.0. The Morgan fingerprint density at radius 2 is 2.27 bits per heavy atom. The number of allylic oxidation sites excluding steroid dienone is 2. The molecule has 0 aliphatic heterocycles. The molecule has 1 nitrogen and oxygen atoms in total. The third-order valence-corrected chi connectivity index (χ3v) is 3.03. The number of aryl methyl sites for hydroxylation is 2. The Morgan fingerprint density at radius 1 is 1.45 bits per heavy atom. The van der Waals surface area contributed by atoms with Crippen molar-refractivity contribution in [3.05, 3.63) is 21.7 Å². The molecule has 1 aliphatic rings. The van der Waals surface area contributed by atoms with Gasteiger partial charge in [-0.3, -0.25) is 0 Å². The molecule has 0 N–H and O–H groups in total. The molecule has 58 valence electrons. The van der Waals surface area contributed by atoms with Crippen LogP contribution in [0.4, 0.5) is 0 Å². The molecule has 0 amide bonds. The van der Waals surface area contributed by atoms with Crippen LogP contribution in [0.2, 0.25) is 0 Å². The molecule has 1 aromatic rings. The Hall–Kier alpha value is -0.630. The van der Waals surface area contributed by atoms with E-state index in [0.717, 1.165) is 0 Å². The van der Waals surface area contributed by atoms with Gasteiger partial charge in [0.05, 0.1) is 10.7 Å². The Bertz CT molecular complexity index is 309. The second-order valence-electron chi connectivity index (χ2n) is 2.93. The number of fused-ring (bicyclic) bond motifs is 1. The topological polar surface area (TPSA) is 12.9 Å². The average molecular weight is 165 g/mol. The van der Waals surface area contributed by atoms with E-state index in [1.165, 1.54) is 34.0 Å². The van der Waals surface area contributed by atoms with E-state index < -0.39 is 0 Å². The van der Waals surface area contributed by atoms with E-state index in [1.54, 1.807) is 0 Å². The van der Waals surface area contributed by atoms with E-state index in [1.807, 2.05) is 11.3 Å². The lowest BCUT2D eigenvalue weighted by molar-refractivity contribution is 0.986. The fourth-order valence-corrected chi connectivity index (χ4v) is 2.48. The zero-order chi connectivity index (χ0) is 7.84. The summed E-state index contributed by atoms with van der Waals surface area (Å²) in [6.45, 7) is 4.23. The van der Waals surface area contributed by atoms with Gasteiger partial charge in [0.25, 0.3) is 0 Å². The van der Waals surface area contributed by atoms with E-state index in [9.17, 15) is 0 Å². The zero-order valence-corrected chi connectivity index (χ0v) is 7.66. The number of aromatic nitrogens is 1. The van der Waals surface area contributed by atoms with E-state index in [-0.39, 0.29) is 0 Å². The number of rotatable bonds is 0. The Balaban J connectivity index is 2.55. The first kappa shape index (κ1) is 7.04. The van der Waals surface area contributed by atoms with Crippen LogP contribution >= 0.6 is 11.3 Å². The second kappa shape index (κ2) is 2.45. The minimum atomic E-state index is 1.19. The summed E-state index contributed by atoms with van der Waals surface area (Å²) in [5, 5.41) is 1.20. The van der Waals surface area contributed by atoms with Crippen LogP contribution in [-0.4, -0.2) is 4.98 Å². The van der Waals surface area contributed by atoms with Gasteiger partial charge in [-0.15, -0.1) is 11.3 Å². The maximum Gasteiger partial charge on any atom is 0.0904 e. The SMILES string of the molecule is CC1=CCCc2sc(C)nc21. The third-order valence-electron chi connectivity index (χ3n) is 2.00. The molecule has 0 radical (unpaired) electrons. The summed E-state index contributed by atoms with van der Waals surface area (Å²) in [6.07, 6.45) is 4.67. The van der Waals surface area contributed by atoms with Gasteiger partial charge in [-0.1, -0.05) is 6.08 Å². The van der Waals surface area contributed by atoms with Crippen molar-refractivity contribution in [1.82, 2.24) is 4.98 Å². The van der Waals surface area contributed by atoms with Gasteiger partial charge in [0, 0.05) is 4.88 Å². The summed E-state index contributed by atoms with van der Waals surface area (Å²) >= 11 is 1.84. The van der Waals surface area contributed by atoms with Crippen LogP contribution in [0.5, 0.6) is 0 Å². The minimum Gasteiger partial charge on any atom is -0.242 e. The van der Waals surface area contributed by atoms with Crippen LogP contribution in [0.25, 0.3) is 5.57 Å². The molecule has 0 fully saturated rings. The first-order valence-corrected chi connectivity index (χ1v) is 4.72. The van der Waals surface area contributed by atoms with Crippen LogP contribution in [0, 0.1) is 6.92 Å². The van der Waals surface area contributed by atoms with Crippen molar-refractivity contribution in [2.24, 2.45) is 0 Å². The lowest BCUT2D eigenvalue weighted by Crippen LogP contribution is -1.93. The van der Waals surface area contributed by atoms with E-state index in [4.69, 9.17) is 0 Å². The van der Waals surface area contributed by atoms with Gasteiger partial charge in [0.1, 0.15) is 0 Å². The van der Waals surface area contributed by atoms with Crippen LogP contribution in [0.3, 0.4) is 0 Å². The van der Waals surface area contributed by atoms with Crippen molar-refractivity contribution >= 4 is 16.9 Å². The molecule has 2 heteroatoms. The molecule has 1 aliphatic carbocycles. The summed E-state index contributed by atoms with van der Waals surface area (Å²) < 4.78 is 0. The highest BCUT2D eigenvalue weighted by Gasteiger charge is 2.13. The number of thiazole rings is 1. The fraction of sp³-hybridized carbons (Fsp3) is 0.444. The molecule has 0 atom stereocenters. The molecule has 11 heavy (non-hydrogen) atoms. The van der Waals surface area contributed by atoms with Crippen molar-refractivity contribution in [2.45, 2.75) is 26.7 Å². The maximum absolute atomic E-state index is 4.48. The second-order valence-corrected chi connectivity index (χ2v) is 4.22. The van der Waals surface area contributed by atoms with Crippen LogP contribution in [0.15, 0.2) is 6.08 Å². The van der Waals surface area contributed by atoms with Crippen molar-refractivity contribution in [3.8, 4) is 0 Å². The lowest BCUT2D eigenvalue weighted by Gasteiger charge is -2.06. The monoisotopic (exact) mass is 165 g/mol. The first-order valence-electron chi connectivity index (χ1n) is 3.91. The highest BCUT2D eigenvalue weighted by Crippen LogP contribution is 2.29. The molecular weight excluding hydrogens is 154 g/mol. The Morgan fingerprint density at radius 3 is 3.00 bits per heavy atom. The maximum atomic E-state index is 4.48. The smallest absolute Gasteiger partial charge is 0.0904 e. The molecule has 0 saturated heterocycles. The van der Waals surface area contributed by atoms with Gasteiger partial charge >= 0.3 is 0 Å². The van der Waals surface area contributed by atoms with Crippen LogP contribution < -0.4 is 0 Å². The molecule has 2 rings (SSSR count). The number of hydrogen-bond donors (Lipinski definition) is 0. The first-order chi connectivity index (χ1) is 5.27. The molecule has 0 aromatic carbocycles. The standard InChI is InChI=1S/C9H11NS/c1-6-4-3-5-8-9(6)10-7(2)11-8/h4H,3,5H2,1-2H3. The summed E-state index contributed by atoms with van der Waals surface area (Å²) in [5.41, 5.74) is 2.61. The highest BCUT2D eigenvalue weighted by molar-refractivity contribution is 7.11. The number of hydrogen-bond acceptors (Lipinski definition) is 2. The summed E-state index contributed by atoms with van der Waals surface area (Å²) in [6, 6.07) is 0.